The Kier molecular flexibility index (Phi) is 2.63. The smallest absolute Gasteiger partial charge is 0.0936 e. The monoisotopic (exact) mass is 187 g/mol. The molecule has 70 valence electrons. The average molecular weight is 187 g/mol. The van der Waals surface area contributed by atoms with E-state index >= 15 is 0 Å². The summed E-state index contributed by atoms with van der Waals surface area (Å²) in [5.41, 5.74) is 0. The minimum atomic E-state index is 0.558. The van der Waals surface area contributed by atoms with Crippen molar-refractivity contribution in [2.24, 2.45) is 0 Å². The van der Waals surface area contributed by atoms with E-state index in [4.69, 9.17) is 4.74 Å². The number of hydrogen-bond donors (Lipinski definition) is 0. The third-order valence-electron chi connectivity index (χ3n) is 2.86. The summed E-state index contributed by atoms with van der Waals surface area (Å²) >= 11 is 2.09. The summed E-state index contributed by atoms with van der Waals surface area (Å²) < 4.78 is 5.25. The molecule has 2 fully saturated rings. The van der Waals surface area contributed by atoms with Crippen LogP contribution in [0.2, 0.25) is 0 Å². The fourth-order valence-electron chi connectivity index (χ4n) is 1.69. The molecule has 0 saturated carbocycles. The van der Waals surface area contributed by atoms with Crippen LogP contribution in [0.5, 0.6) is 0 Å². The molecule has 2 unspecified atom stereocenters. The van der Waals surface area contributed by atoms with E-state index < -0.39 is 0 Å². The lowest BCUT2D eigenvalue weighted by Gasteiger charge is -2.37. The van der Waals surface area contributed by atoms with E-state index in [1.54, 1.807) is 0 Å². The topological polar surface area (TPSA) is 15.8 Å². The first-order valence-electron chi connectivity index (χ1n) is 4.74. The highest BCUT2D eigenvalue weighted by Gasteiger charge is 2.31. The standard InChI is InChI=1S/C9H17NOS/c1-7-8(2)12-4-3-10(7)5-9-6-11-9/h7-9H,3-6H2,1-2H3/t7?,8?,9-/m0/s1. The van der Waals surface area contributed by atoms with Crippen LogP contribution in [0.1, 0.15) is 13.8 Å². The summed E-state index contributed by atoms with van der Waals surface area (Å²) in [7, 11) is 0. The van der Waals surface area contributed by atoms with Gasteiger partial charge in [-0.05, 0) is 6.92 Å². The van der Waals surface area contributed by atoms with Crippen molar-refractivity contribution in [3.63, 3.8) is 0 Å². The van der Waals surface area contributed by atoms with E-state index in [-0.39, 0.29) is 0 Å². The van der Waals surface area contributed by atoms with Crippen molar-refractivity contribution in [2.75, 3.05) is 25.4 Å². The van der Waals surface area contributed by atoms with Gasteiger partial charge < -0.3 is 4.74 Å². The second-order valence-corrected chi connectivity index (χ2v) is 5.25. The lowest BCUT2D eigenvalue weighted by molar-refractivity contribution is 0.192. The van der Waals surface area contributed by atoms with Gasteiger partial charge in [-0.25, -0.2) is 0 Å². The van der Waals surface area contributed by atoms with Gasteiger partial charge in [-0.2, -0.15) is 11.8 Å². The molecule has 0 aliphatic carbocycles. The molecule has 0 aromatic rings. The Hall–Kier alpha value is 0.270. The SMILES string of the molecule is CC1SCCN(C[C@H]2CO2)C1C. The highest BCUT2D eigenvalue weighted by atomic mass is 32.2. The Balaban J connectivity index is 1.84. The lowest BCUT2D eigenvalue weighted by atomic mass is 10.2. The van der Waals surface area contributed by atoms with Crippen LogP contribution in [0.4, 0.5) is 0 Å². The first-order chi connectivity index (χ1) is 5.77. The van der Waals surface area contributed by atoms with Crippen molar-refractivity contribution < 1.29 is 4.74 Å². The number of nitrogens with zero attached hydrogens (tertiary/aromatic N) is 1. The van der Waals surface area contributed by atoms with Crippen molar-refractivity contribution >= 4 is 11.8 Å². The zero-order chi connectivity index (χ0) is 8.55. The van der Waals surface area contributed by atoms with Crippen LogP contribution >= 0.6 is 11.8 Å². The van der Waals surface area contributed by atoms with Crippen LogP contribution < -0.4 is 0 Å². The maximum atomic E-state index is 5.25. The summed E-state index contributed by atoms with van der Waals surface area (Å²) in [5, 5.41) is 0.789. The van der Waals surface area contributed by atoms with Gasteiger partial charge in [0, 0.05) is 30.1 Å². The van der Waals surface area contributed by atoms with Gasteiger partial charge in [0.1, 0.15) is 0 Å². The quantitative estimate of drug-likeness (QED) is 0.604. The summed E-state index contributed by atoms with van der Waals surface area (Å²) in [6, 6.07) is 0.730. The Labute approximate surface area is 78.6 Å². The minimum absolute atomic E-state index is 0.558. The van der Waals surface area contributed by atoms with Gasteiger partial charge >= 0.3 is 0 Å². The first-order valence-corrected chi connectivity index (χ1v) is 5.79. The van der Waals surface area contributed by atoms with Gasteiger partial charge in [-0.15, -0.1) is 0 Å². The van der Waals surface area contributed by atoms with E-state index in [2.05, 4.69) is 30.5 Å². The molecular formula is C9H17NOS. The molecule has 12 heavy (non-hydrogen) atoms. The zero-order valence-electron chi connectivity index (χ0n) is 7.82. The largest absolute Gasteiger partial charge is 0.372 e. The van der Waals surface area contributed by atoms with Crippen LogP contribution in [0, 0.1) is 0 Å². The molecule has 2 aliphatic heterocycles. The molecule has 0 radical (unpaired) electrons. The maximum absolute atomic E-state index is 5.25. The molecular weight excluding hydrogens is 170 g/mol. The molecule has 0 spiro atoms. The summed E-state index contributed by atoms with van der Waals surface area (Å²) in [6.45, 7) is 8.06. The fraction of sp³-hybridized carbons (Fsp3) is 1.00. The third-order valence-corrected chi connectivity index (χ3v) is 4.19. The number of ether oxygens (including phenoxy) is 1. The van der Waals surface area contributed by atoms with Gasteiger partial charge in [0.15, 0.2) is 0 Å². The number of epoxide rings is 1. The molecule has 2 nitrogen and oxygen atoms in total. The molecule has 2 rings (SSSR count). The van der Waals surface area contributed by atoms with Crippen molar-refractivity contribution in [1.29, 1.82) is 0 Å². The molecule has 0 bridgehead atoms. The van der Waals surface area contributed by atoms with E-state index in [1.165, 1.54) is 12.3 Å². The second-order valence-electron chi connectivity index (χ2n) is 3.77. The molecule has 3 heteroatoms. The van der Waals surface area contributed by atoms with Crippen molar-refractivity contribution in [2.45, 2.75) is 31.2 Å². The predicted molar refractivity (Wildman–Crippen MR) is 52.7 cm³/mol. The van der Waals surface area contributed by atoms with Crippen LogP contribution in [-0.4, -0.2) is 47.7 Å². The molecule has 0 amide bonds. The highest BCUT2D eigenvalue weighted by Crippen LogP contribution is 2.25. The van der Waals surface area contributed by atoms with Crippen LogP contribution in [-0.2, 0) is 4.74 Å². The van der Waals surface area contributed by atoms with Crippen molar-refractivity contribution in [1.82, 2.24) is 4.90 Å². The van der Waals surface area contributed by atoms with E-state index in [0.717, 1.165) is 24.4 Å². The summed E-state index contributed by atoms with van der Waals surface area (Å²) in [6.07, 6.45) is 0.558. The average Bonchev–Trinajstić information content (AvgIpc) is 2.83. The maximum Gasteiger partial charge on any atom is 0.0936 e. The van der Waals surface area contributed by atoms with Gasteiger partial charge in [0.25, 0.3) is 0 Å². The van der Waals surface area contributed by atoms with Gasteiger partial charge in [-0.1, -0.05) is 6.92 Å². The summed E-state index contributed by atoms with van der Waals surface area (Å²) in [5.74, 6) is 1.29. The second kappa shape index (κ2) is 3.56. The van der Waals surface area contributed by atoms with E-state index in [0.29, 0.717) is 6.10 Å². The Morgan fingerprint density at radius 1 is 1.50 bits per heavy atom. The zero-order valence-corrected chi connectivity index (χ0v) is 8.64. The Morgan fingerprint density at radius 3 is 2.92 bits per heavy atom. The van der Waals surface area contributed by atoms with Crippen molar-refractivity contribution in [3.8, 4) is 0 Å². The fourth-order valence-corrected chi connectivity index (χ4v) is 2.85. The molecule has 2 aliphatic rings. The van der Waals surface area contributed by atoms with Crippen LogP contribution in [0.25, 0.3) is 0 Å². The molecule has 3 atom stereocenters. The number of thioether (sulfide) groups is 1. The highest BCUT2D eigenvalue weighted by molar-refractivity contribution is 8.00. The van der Waals surface area contributed by atoms with Crippen LogP contribution in [0.3, 0.4) is 0 Å². The number of hydrogen-bond acceptors (Lipinski definition) is 3. The Bertz CT molecular complexity index is 161. The molecule has 2 saturated heterocycles. The Morgan fingerprint density at radius 2 is 2.25 bits per heavy atom. The van der Waals surface area contributed by atoms with Crippen molar-refractivity contribution in [3.05, 3.63) is 0 Å². The van der Waals surface area contributed by atoms with Gasteiger partial charge in [0.05, 0.1) is 12.7 Å². The molecule has 0 N–H and O–H groups in total. The molecule has 0 aromatic carbocycles. The lowest BCUT2D eigenvalue weighted by Crippen LogP contribution is -2.46. The van der Waals surface area contributed by atoms with E-state index in [9.17, 15) is 0 Å². The molecule has 2 heterocycles. The predicted octanol–water partition coefficient (Wildman–Crippen LogP) is 1.21. The number of rotatable bonds is 2. The van der Waals surface area contributed by atoms with Gasteiger partial charge in [0.2, 0.25) is 0 Å². The minimum Gasteiger partial charge on any atom is -0.372 e. The summed E-state index contributed by atoms with van der Waals surface area (Å²) in [4.78, 5) is 2.57. The third kappa shape index (κ3) is 1.95. The molecule has 0 aromatic heterocycles. The van der Waals surface area contributed by atoms with Gasteiger partial charge in [-0.3, -0.25) is 4.90 Å². The van der Waals surface area contributed by atoms with Crippen LogP contribution in [0.15, 0.2) is 0 Å². The first kappa shape index (κ1) is 8.85. The normalized spacial score (nSPS) is 43.0. The van der Waals surface area contributed by atoms with E-state index in [1.807, 2.05) is 0 Å².